The van der Waals surface area contributed by atoms with Gasteiger partial charge in [-0.05, 0) is 0 Å². The molecule has 0 unspecified atom stereocenters. The molecule has 1 N–H and O–H groups in total. The van der Waals surface area contributed by atoms with E-state index in [1.165, 1.54) is 0 Å². The van der Waals surface area contributed by atoms with Crippen LogP contribution in [0.15, 0.2) is 12.5 Å². The third kappa shape index (κ3) is 5.39. The summed E-state index contributed by atoms with van der Waals surface area (Å²) in [4.78, 5) is 4.17. The van der Waals surface area contributed by atoms with E-state index >= 15 is 0 Å². The molecule has 0 bridgehead atoms. The molecule has 0 aliphatic rings. The summed E-state index contributed by atoms with van der Waals surface area (Å²) in [6, 6.07) is 0. The first kappa shape index (κ1) is 12.7. The number of nitrogens with zero attached hydrogens (tertiary/aromatic N) is 2. The topological polar surface area (TPSA) is 38.0 Å². The van der Waals surface area contributed by atoms with E-state index in [9.17, 15) is 0 Å². The van der Waals surface area contributed by atoms with Crippen LogP contribution >= 0.6 is 0 Å². The number of aliphatic hydroxyl groups is 1. The minimum Gasteiger partial charge on any atom is -0.400 e. The van der Waals surface area contributed by atoms with Gasteiger partial charge in [0.25, 0.3) is 0 Å². The van der Waals surface area contributed by atoms with Gasteiger partial charge in [-0.2, -0.15) is 0 Å². The van der Waals surface area contributed by atoms with Crippen molar-refractivity contribution in [1.29, 1.82) is 0 Å². The molecule has 3 nitrogen and oxygen atoms in total. The number of hydrogen-bond acceptors (Lipinski definition) is 2. The SMILES string of the molecule is CC(C)C#CCc1cn(C)cn1.CO. The van der Waals surface area contributed by atoms with Crippen LogP contribution < -0.4 is 0 Å². The molecular weight excluding hydrogens is 176 g/mol. The van der Waals surface area contributed by atoms with Crippen molar-refractivity contribution >= 4 is 0 Å². The van der Waals surface area contributed by atoms with Crippen molar-refractivity contribution in [3.63, 3.8) is 0 Å². The van der Waals surface area contributed by atoms with Crippen LogP contribution in [0, 0.1) is 17.8 Å². The molecule has 1 aromatic heterocycles. The van der Waals surface area contributed by atoms with Crippen molar-refractivity contribution in [3.8, 4) is 11.8 Å². The van der Waals surface area contributed by atoms with E-state index in [4.69, 9.17) is 5.11 Å². The van der Waals surface area contributed by atoms with Crippen LogP contribution in [0.2, 0.25) is 0 Å². The first-order chi connectivity index (χ1) is 6.68. The minimum absolute atomic E-state index is 0.453. The smallest absolute Gasteiger partial charge is 0.0947 e. The van der Waals surface area contributed by atoms with Crippen molar-refractivity contribution in [3.05, 3.63) is 18.2 Å². The van der Waals surface area contributed by atoms with Crippen LogP contribution in [0.3, 0.4) is 0 Å². The molecule has 0 aromatic carbocycles. The highest BCUT2D eigenvalue weighted by atomic mass is 16.2. The van der Waals surface area contributed by atoms with E-state index in [2.05, 4.69) is 30.7 Å². The predicted octanol–water partition coefficient (Wildman–Crippen LogP) is 1.23. The van der Waals surface area contributed by atoms with Gasteiger partial charge in [0.1, 0.15) is 0 Å². The largest absolute Gasteiger partial charge is 0.400 e. The number of aliphatic hydroxyl groups excluding tert-OH is 1. The quantitative estimate of drug-likeness (QED) is 0.683. The van der Waals surface area contributed by atoms with Crippen molar-refractivity contribution < 1.29 is 5.11 Å². The summed E-state index contributed by atoms with van der Waals surface area (Å²) < 4.78 is 1.94. The number of rotatable bonds is 1. The molecule has 0 aliphatic heterocycles. The second kappa shape index (κ2) is 7.16. The minimum atomic E-state index is 0.453. The van der Waals surface area contributed by atoms with Crippen molar-refractivity contribution in [1.82, 2.24) is 9.55 Å². The Labute approximate surface area is 85.8 Å². The molecule has 0 aliphatic carbocycles. The molecule has 0 saturated carbocycles. The van der Waals surface area contributed by atoms with Gasteiger partial charge >= 0.3 is 0 Å². The lowest BCUT2D eigenvalue weighted by Gasteiger charge is -1.87. The summed E-state index contributed by atoms with van der Waals surface area (Å²) in [5.74, 6) is 6.65. The summed E-state index contributed by atoms with van der Waals surface area (Å²) in [6.07, 6.45) is 4.56. The monoisotopic (exact) mass is 194 g/mol. The zero-order valence-electron chi connectivity index (χ0n) is 9.28. The second-order valence-corrected chi connectivity index (χ2v) is 3.18. The Morgan fingerprint density at radius 2 is 2.14 bits per heavy atom. The van der Waals surface area contributed by atoms with Gasteiger partial charge in [-0.3, -0.25) is 0 Å². The standard InChI is InChI=1S/C10H14N2.CH4O/c1-9(2)5-4-6-10-7-12(3)8-11-10;1-2/h7-9H,6H2,1-3H3;2H,1H3. The van der Waals surface area contributed by atoms with E-state index < -0.39 is 0 Å². The average Bonchev–Trinajstić information content (AvgIpc) is 2.54. The third-order valence-electron chi connectivity index (χ3n) is 1.42. The fourth-order valence-electron chi connectivity index (χ4n) is 0.904. The highest BCUT2D eigenvalue weighted by Crippen LogP contribution is 1.94. The van der Waals surface area contributed by atoms with E-state index in [1.54, 1.807) is 6.33 Å². The van der Waals surface area contributed by atoms with E-state index in [0.717, 1.165) is 19.2 Å². The molecule has 78 valence electrons. The average molecular weight is 194 g/mol. The molecular formula is C11H18N2O. The molecule has 0 fully saturated rings. The lowest BCUT2D eigenvalue weighted by molar-refractivity contribution is 0.399. The Hall–Kier alpha value is -1.27. The molecule has 0 saturated heterocycles. The summed E-state index contributed by atoms with van der Waals surface area (Å²) in [5, 5.41) is 7.00. The zero-order chi connectivity index (χ0) is 11.0. The fraction of sp³-hybridized carbons (Fsp3) is 0.545. The van der Waals surface area contributed by atoms with Gasteiger partial charge in [-0.25, -0.2) is 4.98 Å². The Morgan fingerprint density at radius 1 is 1.50 bits per heavy atom. The van der Waals surface area contributed by atoms with E-state index in [1.807, 2.05) is 17.8 Å². The lowest BCUT2D eigenvalue weighted by Crippen LogP contribution is -1.83. The molecule has 14 heavy (non-hydrogen) atoms. The van der Waals surface area contributed by atoms with Gasteiger partial charge in [0.05, 0.1) is 18.4 Å². The highest BCUT2D eigenvalue weighted by Gasteiger charge is 1.91. The van der Waals surface area contributed by atoms with Crippen molar-refractivity contribution in [2.45, 2.75) is 20.3 Å². The van der Waals surface area contributed by atoms with Gasteiger partial charge in [0.2, 0.25) is 0 Å². The fourth-order valence-corrected chi connectivity index (χ4v) is 0.904. The molecule has 1 rings (SSSR count). The second-order valence-electron chi connectivity index (χ2n) is 3.18. The molecule has 0 amide bonds. The van der Waals surface area contributed by atoms with Crippen LogP contribution in [0.1, 0.15) is 19.5 Å². The lowest BCUT2D eigenvalue weighted by atomic mass is 10.2. The van der Waals surface area contributed by atoms with Crippen LogP contribution in [0.25, 0.3) is 0 Å². The molecule has 3 heteroatoms. The van der Waals surface area contributed by atoms with Crippen LogP contribution in [-0.2, 0) is 13.5 Å². The summed E-state index contributed by atoms with van der Waals surface area (Å²) >= 11 is 0. The Bertz CT molecular complexity index is 305. The predicted molar refractivity (Wildman–Crippen MR) is 57.7 cm³/mol. The number of hydrogen-bond donors (Lipinski definition) is 1. The normalized spacial score (nSPS) is 8.71. The first-order valence-electron chi connectivity index (χ1n) is 4.58. The first-order valence-corrected chi connectivity index (χ1v) is 4.58. The Kier molecular flexibility index (Phi) is 6.51. The molecule has 0 spiro atoms. The van der Waals surface area contributed by atoms with Gasteiger partial charge in [0.15, 0.2) is 0 Å². The maximum absolute atomic E-state index is 7.00. The van der Waals surface area contributed by atoms with Gasteiger partial charge in [-0.15, -0.1) is 5.92 Å². The Balaban J connectivity index is 0.000000791. The van der Waals surface area contributed by atoms with Crippen LogP contribution in [-0.4, -0.2) is 21.8 Å². The van der Waals surface area contributed by atoms with Gasteiger partial charge in [0, 0.05) is 26.3 Å². The van der Waals surface area contributed by atoms with Crippen LogP contribution in [0.4, 0.5) is 0 Å². The van der Waals surface area contributed by atoms with Gasteiger partial charge in [-0.1, -0.05) is 19.8 Å². The van der Waals surface area contributed by atoms with E-state index in [-0.39, 0.29) is 0 Å². The maximum atomic E-state index is 7.00. The van der Waals surface area contributed by atoms with Gasteiger partial charge < -0.3 is 9.67 Å². The molecule has 1 aromatic rings. The van der Waals surface area contributed by atoms with Crippen LogP contribution in [0.5, 0.6) is 0 Å². The number of aryl methyl sites for hydroxylation is 1. The van der Waals surface area contributed by atoms with Crippen molar-refractivity contribution in [2.24, 2.45) is 13.0 Å². The summed E-state index contributed by atoms with van der Waals surface area (Å²) in [6.45, 7) is 4.18. The third-order valence-corrected chi connectivity index (χ3v) is 1.42. The van der Waals surface area contributed by atoms with Crippen molar-refractivity contribution in [2.75, 3.05) is 7.11 Å². The molecule has 0 radical (unpaired) electrons. The zero-order valence-corrected chi connectivity index (χ0v) is 9.28. The van der Waals surface area contributed by atoms with E-state index in [0.29, 0.717) is 5.92 Å². The summed E-state index contributed by atoms with van der Waals surface area (Å²) in [5.41, 5.74) is 1.05. The maximum Gasteiger partial charge on any atom is 0.0947 e. The Morgan fingerprint density at radius 3 is 2.57 bits per heavy atom. The number of aromatic nitrogens is 2. The molecule has 0 atom stereocenters. The number of imidazole rings is 1. The highest BCUT2D eigenvalue weighted by molar-refractivity contribution is 5.11. The summed E-state index contributed by atoms with van der Waals surface area (Å²) in [7, 11) is 2.96. The molecule has 1 heterocycles.